The molecule has 0 spiro atoms. The Balaban J connectivity index is 0.00000242. The largest absolute Gasteiger partial charge is 0.366 e. The van der Waals surface area contributed by atoms with Crippen LogP contribution in [0.15, 0.2) is 24.3 Å². The van der Waals surface area contributed by atoms with Gasteiger partial charge in [0, 0.05) is 37.1 Å². The molecule has 1 aliphatic rings. The quantitative estimate of drug-likeness (QED) is 0.911. The molecule has 1 heterocycles. The van der Waals surface area contributed by atoms with E-state index in [4.69, 9.17) is 16.3 Å². The van der Waals surface area contributed by atoms with Crippen molar-refractivity contribution in [2.24, 2.45) is 0 Å². The second kappa shape index (κ2) is 8.73. The van der Waals surface area contributed by atoms with E-state index in [0.717, 1.165) is 11.6 Å². The van der Waals surface area contributed by atoms with Gasteiger partial charge in [-0.15, -0.1) is 12.4 Å². The predicted octanol–water partition coefficient (Wildman–Crippen LogP) is 2.70. The van der Waals surface area contributed by atoms with Crippen LogP contribution in [0.2, 0.25) is 5.02 Å². The Morgan fingerprint density at radius 1 is 1.36 bits per heavy atom. The van der Waals surface area contributed by atoms with Crippen LogP contribution in [0, 0.1) is 0 Å². The van der Waals surface area contributed by atoms with Crippen LogP contribution < -0.4 is 5.32 Å². The Bertz CT molecular complexity index is 476. The number of halogens is 2. The lowest BCUT2D eigenvalue weighted by molar-refractivity contribution is -0.146. The first-order valence-corrected chi connectivity index (χ1v) is 7.73. The normalized spacial score (nSPS) is 20.6. The van der Waals surface area contributed by atoms with Gasteiger partial charge in [-0.25, -0.2) is 0 Å². The zero-order valence-corrected chi connectivity index (χ0v) is 14.8. The third-order valence-electron chi connectivity index (χ3n) is 4.28. The summed E-state index contributed by atoms with van der Waals surface area (Å²) >= 11 is 5.92. The molecule has 0 aliphatic carbocycles. The summed E-state index contributed by atoms with van der Waals surface area (Å²) in [6.45, 7) is 6.17. The fourth-order valence-electron chi connectivity index (χ4n) is 2.53. The van der Waals surface area contributed by atoms with E-state index in [1.807, 2.05) is 31.3 Å². The number of benzene rings is 1. The molecule has 0 aromatic heterocycles. The maximum atomic E-state index is 12.5. The van der Waals surface area contributed by atoms with Crippen molar-refractivity contribution in [3.8, 4) is 0 Å². The highest BCUT2D eigenvalue weighted by Crippen LogP contribution is 2.24. The second-order valence-corrected chi connectivity index (χ2v) is 6.03. The number of nitrogens with zero attached hydrogens (tertiary/aromatic N) is 1. The number of nitrogens with one attached hydrogen (secondary N) is 1. The molecule has 0 bridgehead atoms. The third-order valence-corrected chi connectivity index (χ3v) is 4.53. The number of amides is 1. The van der Waals surface area contributed by atoms with Crippen molar-refractivity contribution in [2.45, 2.75) is 31.9 Å². The maximum Gasteiger partial charge on any atom is 0.253 e. The molecule has 1 aromatic carbocycles. The molecule has 1 amide bonds. The van der Waals surface area contributed by atoms with Crippen LogP contribution in [-0.2, 0) is 9.53 Å². The van der Waals surface area contributed by atoms with E-state index in [0.29, 0.717) is 13.2 Å². The molecular formula is C16H24Cl2N2O2. The summed E-state index contributed by atoms with van der Waals surface area (Å²) in [6.07, 6.45) is -0.372. The van der Waals surface area contributed by atoms with Gasteiger partial charge in [0.15, 0.2) is 0 Å². The van der Waals surface area contributed by atoms with Gasteiger partial charge in [0.2, 0.25) is 0 Å². The summed E-state index contributed by atoms with van der Waals surface area (Å²) in [7, 11) is 1.84. The van der Waals surface area contributed by atoms with Crippen LogP contribution in [0.5, 0.6) is 0 Å². The van der Waals surface area contributed by atoms with Crippen LogP contribution in [0.1, 0.15) is 25.3 Å². The number of rotatable bonds is 4. The lowest BCUT2D eigenvalue weighted by Crippen LogP contribution is -2.51. The molecular weight excluding hydrogens is 323 g/mol. The summed E-state index contributed by atoms with van der Waals surface area (Å²) in [6, 6.07) is 7.89. The van der Waals surface area contributed by atoms with Crippen molar-refractivity contribution in [2.75, 3.05) is 26.7 Å². The minimum absolute atomic E-state index is 0. The summed E-state index contributed by atoms with van der Waals surface area (Å²) in [5, 5.41) is 3.92. The number of carbonyl (C=O) groups excluding carboxylic acids is 1. The van der Waals surface area contributed by atoms with Gasteiger partial charge in [-0.1, -0.05) is 30.7 Å². The molecule has 1 fully saturated rings. The van der Waals surface area contributed by atoms with E-state index < -0.39 is 0 Å². The van der Waals surface area contributed by atoms with E-state index in [1.165, 1.54) is 5.56 Å². The van der Waals surface area contributed by atoms with Crippen LogP contribution in [0.25, 0.3) is 0 Å². The first-order valence-electron chi connectivity index (χ1n) is 7.35. The highest BCUT2D eigenvalue weighted by atomic mass is 35.5. The summed E-state index contributed by atoms with van der Waals surface area (Å²) in [4.78, 5) is 14.3. The molecule has 124 valence electrons. The first-order chi connectivity index (χ1) is 10.0. The Kier molecular flexibility index (Phi) is 7.63. The van der Waals surface area contributed by atoms with Crippen molar-refractivity contribution in [1.29, 1.82) is 0 Å². The maximum absolute atomic E-state index is 12.5. The van der Waals surface area contributed by atoms with Gasteiger partial charge in [0.1, 0.15) is 6.10 Å². The van der Waals surface area contributed by atoms with E-state index in [2.05, 4.69) is 19.2 Å². The number of hydrogen-bond acceptors (Lipinski definition) is 3. The molecule has 0 radical (unpaired) electrons. The smallest absolute Gasteiger partial charge is 0.253 e. The lowest BCUT2D eigenvalue weighted by atomic mass is 9.93. The van der Waals surface area contributed by atoms with E-state index in [9.17, 15) is 4.79 Å². The standard InChI is InChI=1S/C16H23ClN2O2.ClH/c1-11(13-4-6-14(17)7-5-13)12(2)19(3)16(20)15-10-18-8-9-21-15;/h4-7,11-12,15,18H,8-10H2,1-3H3;1H. The molecule has 3 atom stereocenters. The summed E-state index contributed by atoms with van der Waals surface area (Å²) in [5.41, 5.74) is 1.18. The monoisotopic (exact) mass is 346 g/mol. The number of hydrogen-bond donors (Lipinski definition) is 1. The third kappa shape index (κ3) is 4.59. The highest BCUT2D eigenvalue weighted by Gasteiger charge is 2.29. The number of ether oxygens (including phenoxy) is 1. The van der Waals surface area contributed by atoms with Crippen LogP contribution in [-0.4, -0.2) is 49.7 Å². The van der Waals surface area contributed by atoms with Crippen LogP contribution in [0.3, 0.4) is 0 Å². The molecule has 1 N–H and O–H groups in total. The Morgan fingerprint density at radius 3 is 2.55 bits per heavy atom. The molecule has 1 aliphatic heterocycles. The van der Waals surface area contributed by atoms with Gasteiger partial charge < -0.3 is 15.0 Å². The average Bonchev–Trinajstić information content (AvgIpc) is 2.53. The van der Waals surface area contributed by atoms with Crippen LogP contribution >= 0.6 is 24.0 Å². The van der Waals surface area contributed by atoms with E-state index in [-0.39, 0.29) is 36.4 Å². The summed E-state index contributed by atoms with van der Waals surface area (Å²) < 4.78 is 5.54. The fraction of sp³-hybridized carbons (Fsp3) is 0.562. The van der Waals surface area contributed by atoms with E-state index in [1.54, 1.807) is 4.90 Å². The SMILES string of the molecule is CC(c1ccc(Cl)cc1)C(C)N(C)C(=O)C1CNCCO1.Cl. The topological polar surface area (TPSA) is 41.6 Å². The minimum Gasteiger partial charge on any atom is -0.366 e. The van der Waals surface area contributed by atoms with Crippen molar-refractivity contribution >= 4 is 29.9 Å². The minimum atomic E-state index is -0.372. The zero-order valence-electron chi connectivity index (χ0n) is 13.2. The molecule has 6 heteroatoms. The van der Waals surface area contributed by atoms with Gasteiger partial charge in [-0.05, 0) is 24.6 Å². The number of carbonyl (C=O) groups is 1. The van der Waals surface area contributed by atoms with Crippen molar-refractivity contribution in [3.63, 3.8) is 0 Å². The zero-order chi connectivity index (χ0) is 15.4. The van der Waals surface area contributed by atoms with E-state index >= 15 is 0 Å². The van der Waals surface area contributed by atoms with Crippen LogP contribution in [0.4, 0.5) is 0 Å². The molecule has 4 nitrogen and oxygen atoms in total. The average molecular weight is 347 g/mol. The molecule has 0 saturated carbocycles. The Morgan fingerprint density at radius 2 is 2.00 bits per heavy atom. The van der Waals surface area contributed by atoms with Gasteiger partial charge >= 0.3 is 0 Å². The molecule has 3 unspecified atom stereocenters. The second-order valence-electron chi connectivity index (χ2n) is 5.59. The number of likely N-dealkylation sites (N-methyl/N-ethyl adjacent to an activating group) is 1. The van der Waals surface area contributed by atoms with Crippen molar-refractivity contribution in [1.82, 2.24) is 10.2 Å². The molecule has 2 rings (SSSR count). The molecule has 22 heavy (non-hydrogen) atoms. The first kappa shape index (κ1) is 19.2. The van der Waals surface area contributed by atoms with Gasteiger partial charge in [0.25, 0.3) is 5.91 Å². The fourth-order valence-corrected chi connectivity index (χ4v) is 2.66. The van der Waals surface area contributed by atoms with Gasteiger partial charge in [-0.3, -0.25) is 4.79 Å². The van der Waals surface area contributed by atoms with Gasteiger partial charge in [-0.2, -0.15) is 0 Å². The molecule has 1 saturated heterocycles. The lowest BCUT2D eigenvalue weighted by Gasteiger charge is -2.34. The van der Waals surface area contributed by atoms with Crippen molar-refractivity contribution < 1.29 is 9.53 Å². The van der Waals surface area contributed by atoms with Crippen molar-refractivity contribution in [3.05, 3.63) is 34.9 Å². The molecule has 1 aromatic rings. The Hall–Kier alpha value is -0.810. The predicted molar refractivity (Wildman–Crippen MR) is 92.0 cm³/mol. The van der Waals surface area contributed by atoms with Gasteiger partial charge in [0.05, 0.1) is 6.61 Å². The highest BCUT2D eigenvalue weighted by molar-refractivity contribution is 6.30. The summed E-state index contributed by atoms with van der Waals surface area (Å²) in [5.74, 6) is 0.267. The Labute approximate surface area is 143 Å². The number of morpholine rings is 1.